The molecule has 0 aliphatic heterocycles. The zero-order valence-electron chi connectivity index (χ0n) is 8.63. The molecule has 0 unspecified atom stereocenters. The monoisotopic (exact) mass is 182 g/mol. The third-order valence-corrected chi connectivity index (χ3v) is 1.96. The maximum atomic E-state index is 10.3. The Bertz CT molecular complexity index is 224. The van der Waals surface area contributed by atoms with Gasteiger partial charge in [-0.15, -0.1) is 0 Å². The van der Waals surface area contributed by atoms with Gasteiger partial charge >= 0.3 is 5.97 Å². The van der Waals surface area contributed by atoms with E-state index in [0.29, 0.717) is 0 Å². The van der Waals surface area contributed by atoms with Crippen LogP contribution in [0.5, 0.6) is 0 Å². The Hall–Kier alpha value is -1.05. The van der Waals surface area contributed by atoms with Gasteiger partial charge in [0.25, 0.3) is 0 Å². The van der Waals surface area contributed by atoms with E-state index in [4.69, 9.17) is 5.11 Å². The van der Waals surface area contributed by atoms with Gasteiger partial charge in [-0.1, -0.05) is 24.1 Å². The number of carboxylic acid groups (broad SMARTS) is 1. The molecule has 0 aromatic carbocycles. The van der Waals surface area contributed by atoms with E-state index in [1.54, 1.807) is 0 Å². The fourth-order valence-electron chi connectivity index (χ4n) is 0.974. The summed E-state index contributed by atoms with van der Waals surface area (Å²) in [7, 11) is 0. The normalized spacial score (nSPS) is 13.2. The van der Waals surface area contributed by atoms with Crippen LogP contribution >= 0.6 is 0 Å². The fourth-order valence-corrected chi connectivity index (χ4v) is 0.974. The molecule has 0 amide bonds. The van der Waals surface area contributed by atoms with Gasteiger partial charge in [0.15, 0.2) is 0 Å². The van der Waals surface area contributed by atoms with Crippen molar-refractivity contribution in [1.82, 2.24) is 0 Å². The number of carbonyl (C=O) groups is 1. The molecular formula is C11H18O2. The van der Waals surface area contributed by atoms with Crippen LogP contribution in [-0.2, 0) is 4.79 Å². The van der Waals surface area contributed by atoms with Crippen LogP contribution in [0, 0.1) is 0 Å². The highest BCUT2D eigenvalue weighted by molar-refractivity contribution is 5.80. The minimum absolute atomic E-state index is 0.837. The molecule has 0 bridgehead atoms. The highest BCUT2D eigenvalue weighted by Crippen LogP contribution is 2.07. The molecule has 0 spiro atoms. The second-order valence-corrected chi connectivity index (χ2v) is 3.27. The highest BCUT2D eigenvalue weighted by Gasteiger charge is 1.93. The summed E-state index contributed by atoms with van der Waals surface area (Å²) in [4.78, 5) is 10.3. The predicted octanol–water partition coefficient (Wildman–Crippen LogP) is 3.15. The van der Waals surface area contributed by atoms with Crippen LogP contribution in [0.3, 0.4) is 0 Å². The Balaban J connectivity index is 3.83. The van der Waals surface area contributed by atoms with Gasteiger partial charge in [-0.2, -0.15) is 0 Å². The number of hydrogen-bond donors (Lipinski definition) is 1. The Morgan fingerprint density at radius 2 is 1.92 bits per heavy atom. The molecule has 0 atom stereocenters. The number of aliphatic carboxylic acids is 1. The van der Waals surface area contributed by atoms with E-state index in [2.05, 4.69) is 19.9 Å². The first-order valence-electron chi connectivity index (χ1n) is 4.62. The molecule has 1 N–H and O–H groups in total. The minimum Gasteiger partial charge on any atom is -0.478 e. The van der Waals surface area contributed by atoms with Gasteiger partial charge in [0, 0.05) is 6.08 Å². The fraction of sp³-hybridized carbons (Fsp3) is 0.545. The van der Waals surface area contributed by atoms with Gasteiger partial charge < -0.3 is 5.11 Å². The van der Waals surface area contributed by atoms with Crippen molar-refractivity contribution < 1.29 is 9.90 Å². The summed E-state index contributed by atoms with van der Waals surface area (Å²) >= 11 is 0. The topological polar surface area (TPSA) is 37.3 Å². The molecule has 0 radical (unpaired) electrons. The van der Waals surface area contributed by atoms with E-state index in [1.807, 2.05) is 6.92 Å². The van der Waals surface area contributed by atoms with Crippen molar-refractivity contribution >= 4 is 5.97 Å². The first kappa shape index (κ1) is 11.9. The summed E-state index contributed by atoms with van der Waals surface area (Å²) in [6.07, 6.45) is 6.29. The molecule has 0 fully saturated rings. The van der Waals surface area contributed by atoms with Crippen LogP contribution < -0.4 is 0 Å². The average molecular weight is 182 g/mol. The first-order valence-corrected chi connectivity index (χ1v) is 4.62. The molecule has 0 rings (SSSR count). The van der Waals surface area contributed by atoms with Crippen LogP contribution in [0.25, 0.3) is 0 Å². The first-order chi connectivity index (χ1) is 6.06. The van der Waals surface area contributed by atoms with Gasteiger partial charge in [0.2, 0.25) is 0 Å². The van der Waals surface area contributed by atoms with E-state index >= 15 is 0 Å². The lowest BCUT2D eigenvalue weighted by molar-refractivity contribution is -0.131. The van der Waals surface area contributed by atoms with Crippen molar-refractivity contribution in [3.05, 3.63) is 23.3 Å². The molecule has 2 nitrogen and oxygen atoms in total. The molecule has 0 aliphatic carbocycles. The lowest BCUT2D eigenvalue weighted by atomic mass is 10.1. The zero-order chi connectivity index (χ0) is 10.3. The summed E-state index contributed by atoms with van der Waals surface area (Å²) in [5, 5.41) is 8.45. The molecule has 0 aromatic rings. The lowest BCUT2D eigenvalue weighted by Gasteiger charge is -1.97. The maximum Gasteiger partial charge on any atom is 0.328 e. The van der Waals surface area contributed by atoms with E-state index in [-0.39, 0.29) is 0 Å². The third kappa shape index (κ3) is 7.32. The van der Waals surface area contributed by atoms with Crippen molar-refractivity contribution in [2.24, 2.45) is 0 Å². The largest absolute Gasteiger partial charge is 0.478 e. The van der Waals surface area contributed by atoms with Crippen molar-refractivity contribution in [3.8, 4) is 0 Å². The van der Waals surface area contributed by atoms with E-state index in [9.17, 15) is 4.79 Å². The van der Waals surface area contributed by atoms with Crippen molar-refractivity contribution in [2.75, 3.05) is 0 Å². The van der Waals surface area contributed by atoms with Crippen molar-refractivity contribution in [3.63, 3.8) is 0 Å². The van der Waals surface area contributed by atoms with Crippen LogP contribution in [0.2, 0.25) is 0 Å². The highest BCUT2D eigenvalue weighted by atomic mass is 16.4. The third-order valence-electron chi connectivity index (χ3n) is 1.96. The summed E-state index contributed by atoms with van der Waals surface area (Å²) in [5.41, 5.74) is 2.29. The SMILES string of the molecule is CCC(C)=CCC/C(C)=C/C(=O)O. The van der Waals surface area contributed by atoms with E-state index in [1.165, 1.54) is 11.6 Å². The molecule has 0 aromatic heterocycles. The Kier molecular flexibility index (Phi) is 5.94. The van der Waals surface area contributed by atoms with Gasteiger partial charge in [0.1, 0.15) is 0 Å². The standard InChI is InChI=1S/C11H18O2/c1-4-9(2)6-5-7-10(3)8-11(12)13/h6,8H,4-5,7H2,1-3H3,(H,12,13)/b9-6?,10-8+. The maximum absolute atomic E-state index is 10.3. The average Bonchev–Trinajstić information content (AvgIpc) is 2.02. The predicted molar refractivity (Wildman–Crippen MR) is 54.7 cm³/mol. The van der Waals surface area contributed by atoms with Gasteiger partial charge in [-0.25, -0.2) is 4.79 Å². The van der Waals surface area contributed by atoms with Gasteiger partial charge in [0.05, 0.1) is 0 Å². The molecule has 0 saturated carbocycles. The van der Waals surface area contributed by atoms with E-state index < -0.39 is 5.97 Å². The molecule has 0 heterocycles. The van der Waals surface area contributed by atoms with Gasteiger partial charge in [-0.05, 0) is 33.1 Å². The molecule has 2 heteroatoms. The van der Waals surface area contributed by atoms with Crippen LogP contribution in [0.1, 0.15) is 40.0 Å². The second-order valence-electron chi connectivity index (χ2n) is 3.27. The van der Waals surface area contributed by atoms with Crippen LogP contribution in [0.4, 0.5) is 0 Å². The Labute approximate surface area is 80.0 Å². The Morgan fingerprint density at radius 1 is 1.31 bits per heavy atom. The second kappa shape index (κ2) is 6.46. The molecule has 13 heavy (non-hydrogen) atoms. The van der Waals surface area contributed by atoms with Crippen LogP contribution in [-0.4, -0.2) is 11.1 Å². The zero-order valence-corrected chi connectivity index (χ0v) is 8.63. The summed E-state index contributed by atoms with van der Waals surface area (Å²) in [5.74, 6) is -0.853. The molecule has 0 saturated heterocycles. The number of allylic oxidation sites excluding steroid dienone is 3. The van der Waals surface area contributed by atoms with Gasteiger partial charge in [-0.3, -0.25) is 0 Å². The van der Waals surface area contributed by atoms with Crippen molar-refractivity contribution in [2.45, 2.75) is 40.0 Å². The number of carboxylic acids is 1. The van der Waals surface area contributed by atoms with Crippen LogP contribution in [0.15, 0.2) is 23.3 Å². The lowest BCUT2D eigenvalue weighted by Crippen LogP contribution is -1.89. The Morgan fingerprint density at radius 3 is 2.38 bits per heavy atom. The summed E-state index contributed by atoms with van der Waals surface area (Å²) in [6, 6.07) is 0. The molecular weight excluding hydrogens is 164 g/mol. The minimum atomic E-state index is -0.853. The number of rotatable bonds is 5. The summed E-state index contributed by atoms with van der Waals surface area (Å²) < 4.78 is 0. The quantitative estimate of drug-likeness (QED) is 0.524. The molecule has 0 aliphatic rings. The molecule has 74 valence electrons. The summed E-state index contributed by atoms with van der Waals surface area (Å²) in [6.45, 7) is 6.06. The smallest absolute Gasteiger partial charge is 0.328 e. The van der Waals surface area contributed by atoms with E-state index in [0.717, 1.165) is 24.8 Å². The number of hydrogen-bond acceptors (Lipinski definition) is 1. The van der Waals surface area contributed by atoms with Crippen molar-refractivity contribution in [1.29, 1.82) is 0 Å².